The molecule has 4 aromatic rings. The van der Waals surface area contributed by atoms with Gasteiger partial charge in [0.05, 0.1) is 6.61 Å². The van der Waals surface area contributed by atoms with Crippen LogP contribution in [0.2, 0.25) is 0 Å². The van der Waals surface area contributed by atoms with E-state index in [0.717, 1.165) is 11.6 Å². The number of pyridine rings is 1. The number of nitrogens with zero attached hydrogens (tertiary/aromatic N) is 3. The van der Waals surface area contributed by atoms with E-state index in [1.807, 2.05) is 6.07 Å². The smallest absolute Gasteiger partial charge is 0.163 e. The first-order valence-corrected chi connectivity index (χ1v) is 9.61. The third-order valence-electron chi connectivity index (χ3n) is 4.66. The molecule has 6 nitrogen and oxygen atoms in total. The molecule has 2 aromatic carbocycles. The number of rotatable bonds is 7. The van der Waals surface area contributed by atoms with Crippen molar-refractivity contribution in [2.75, 3.05) is 32.7 Å². The summed E-state index contributed by atoms with van der Waals surface area (Å²) in [7, 11) is 3.32. The van der Waals surface area contributed by atoms with Gasteiger partial charge in [0, 0.05) is 43.6 Å². The van der Waals surface area contributed by atoms with Crippen LogP contribution in [0.1, 0.15) is 0 Å². The van der Waals surface area contributed by atoms with Gasteiger partial charge in [-0.15, -0.1) is 0 Å². The number of benzene rings is 2. The normalized spacial score (nSPS) is 11.0. The zero-order valence-corrected chi connectivity index (χ0v) is 17.0. The zero-order valence-electron chi connectivity index (χ0n) is 17.0. The van der Waals surface area contributed by atoms with E-state index in [2.05, 4.69) is 15.3 Å². The molecule has 0 bridgehead atoms. The van der Waals surface area contributed by atoms with Crippen LogP contribution in [-0.2, 0) is 4.74 Å². The fourth-order valence-corrected chi connectivity index (χ4v) is 3.25. The van der Waals surface area contributed by atoms with Gasteiger partial charge in [-0.3, -0.25) is 4.98 Å². The van der Waals surface area contributed by atoms with Gasteiger partial charge in [-0.1, -0.05) is 0 Å². The molecule has 2 heterocycles. The Balaban J connectivity index is 1.94. The first-order chi connectivity index (χ1) is 15.1. The highest BCUT2D eigenvalue weighted by molar-refractivity contribution is 5.97. The Hall–Kier alpha value is -3.65. The van der Waals surface area contributed by atoms with E-state index in [4.69, 9.17) is 14.5 Å². The second kappa shape index (κ2) is 9.01. The number of ether oxygens (including phenoxy) is 2. The van der Waals surface area contributed by atoms with Gasteiger partial charge in [-0.2, -0.15) is 0 Å². The minimum atomic E-state index is -0.658. The summed E-state index contributed by atoms with van der Waals surface area (Å²) in [5.74, 6) is 0.173. The second-order valence-electron chi connectivity index (χ2n) is 6.76. The summed E-state index contributed by atoms with van der Waals surface area (Å²) in [6, 6.07) is 10.5. The van der Waals surface area contributed by atoms with Crippen LogP contribution in [-0.4, -0.2) is 42.3 Å². The summed E-state index contributed by atoms with van der Waals surface area (Å²) >= 11 is 0. The van der Waals surface area contributed by atoms with Crippen molar-refractivity contribution < 1.29 is 18.3 Å². The second-order valence-corrected chi connectivity index (χ2v) is 6.76. The maximum Gasteiger partial charge on any atom is 0.163 e. The molecule has 0 radical (unpaired) electrons. The first-order valence-electron chi connectivity index (χ1n) is 9.61. The Bertz CT molecular complexity index is 1200. The molecule has 0 aliphatic rings. The van der Waals surface area contributed by atoms with Crippen LogP contribution in [0.25, 0.3) is 33.4 Å². The number of hydrogen-bond donors (Lipinski definition) is 1. The predicted octanol–water partition coefficient (Wildman–Crippen LogP) is 4.70. The highest BCUT2D eigenvalue weighted by Crippen LogP contribution is 2.36. The van der Waals surface area contributed by atoms with E-state index < -0.39 is 11.6 Å². The SMILES string of the molecule is CNc1nc(-c2cccnc2)nc2c(OCCOC)cc(-c3cc(F)cc(F)c3)cc12. The lowest BCUT2D eigenvalue weighted by atomic mass is 10.0. The lowest BCUT2D eigenvalue weighted by molar-refractivity contribution is 0.147. The standard InChI is InChI=1S/C23H20F2N4O2/c1-26-23-19-10-16(15-8-17(24)12-18(25)9-15)11-20(31-7-6-30-2)21(19)28-22(29-23)14-4-3-5-27-13-14/h3-5,8-13H,6-7H2,1-2H3,(H,26,28,29). The lowest BCUT2D eigenvalue weighted by Crippen LogP contribution is -2.06. The van der Waals surface area contributed by atoms with Crippen LogP contribution in [0.3, 0.4) is 0 Å². The van der Waals surface area contributed by atoms with Gasteiger partial charge < -0.3 is 14.8 Å². The average molecular weight is 422 g/mol. The molecular weight excluding hydrogens is 402 g/mol. The molecule has 0 fully saturated rings. The van der Waals surface area contributed by atoms with E-state index in [0.29, 0.717) is 46.0 Å². The Kier molecular flexibility index (Phi) is 5.99. The number of nitrogens with one attached hydrogen (secondary N) is 1. The van der Waals surface area contributed by atoms with Gasteiger partial charge >= 0.3 is 0 Å². The maximum atomic E-state index is 13.8. The fourth-order valence-electron chi connectivity index (χ4n) is 3.25. The highest BCUT2D eigenvalue weighted by Gasteiger charge is 2.16. The number of anilines is 1. The van der Waals surface area contributed by atoms with Crippen LogP contribution in [0.5, 0.6) is 5.75 Å². The summed E-state index contributed by atoms with van der Waals surface area (Å²) in [4.78, 5) is 13.4. The minimum absolute atomic E-state index is 0.285. The Morgan fingerprint density at radius 2 is 1.71 bits per heavy atom. The summed E-state index contributed by atoms with van der Waals surface area (Å²) in [5, 5.41) is 3.73. The number of halogens is 2. The van der Waals surface area contributed by atoms with Crippen molar-refractivity contribution in [2.45, 2.75) is 0 Å². The fraction of sp³-hybridized carbons (Fsp3) is 0.174. The Morgan fingerprint density at radius 1 is 0.935 bits per heavy atom. The number of fused-ring (bicyclic) bond motifs is 1. The average Bonchev–Trinajstić information content (AvgIpc) is 2.78. The number of hydrogen-bond acceptors (Lipinski definition) is 6. The van der Waals surface area contributed by atoms with E-state index in [-0.39, 0.29) is 6.61 Å². The molecule has 4 rings (SSSR count). The molecular formula is C23H20F2N4O2. The molecule has 0 aliphatic heterocycles. The van der Waals surface area contributed by atoms with Crippen molar-refractivity contribution in [3.8, 4) is 28.3 Å². The molecule has 2 aromatic heterocycles. The number of methoxy groups -OCH3 is 1. The van der Waals surface area contributed by atoms with Gasteiger partial charge in [0.25, 0.3) is 0 Å². The van der Waals surface area contributed by atoms with E-state index in [1.54, 1.807) is 44.8 Å². The predicted molar refractivity (Wildman–Crippen MR) is 115 cm³/mol. The van der Waals surface area contributed by atoms with Crippen molar-refractivity contribution in [3.05, 3.63) is 66.5 Å². The monoisotopic (exact) mass is 422 g/mol. The Morgan fingerprint density at radius 3 is 2.39 bits per heavy atom. The molecule has 0 aliphatic carbocycles. The summed E-state index contributed by atoms with van der Waals surface area (Å²) < 4.78 is 38.7. The molecule has 0 saturated heterocycles. The van der Waals surface area contributed by atoms with E-state index in [9.17, 15) is 8.78 Å². The van der Waals surface area contributed by atoms with E-state index >= 15 is 0 Å². The van der Waals surface area contributed by atoms with Gasteiger partial charge in [0.15, 0.2) is 5.82 Å². The van der Waals surface area contributed by atoms with Gasteiger partial charge in [0.1, 0.15) is 35.3 Å². The minimum Gasteiger partial charge on any atom is -0.489 e. The summed E-state index contributed by atoms with van der Waals surface area (Å²) in [6.07, 6.45) is 3.35. The molecule has 0 unspecified atom stereocenters. The third-order valence-corrected chi connectivity index (χ3v) is 4.66. The van der Waals surface area contributed by atoms with Crippen molar-refractivity contribution >= 4 is 16.7 Å². The van der Waals surface area contributed by atoms with Gasteiger partial charge in [-0.05, 0) is 47.5 Å². The maximum absolute atomic E-state index is 13.8. The molecule has 158 valence electrons. The molecule has 0 atom stereocenters. The molecule has 0 amide bonds. The topological polar surface area (TPSA) is 69.2 Å². The van der Waals surface area contributed by atoms with Crippen LogP contribution < -0.4 is 10.1 Å². The third kappa shape index (κ3) is 4.44. The lowest BCUT2D eigenvalue weighted by Gasteiger charge is -2.15. The van der Waals surface area contributed by atoms with E-state index in [1.165, 1.54) is 12.1 Å². The molecule has 1 N–H and O–H groups in total. The molecule has 8 heteroatoms. The zero-order chi connectivity index (χ0) is 21.8. The molecule has 0 saturated carbocycles. The van der Waals surface area contributed by atoms with Crippen molar-refractivity contribution in [2.24, 2.45) is 0 Å². The first kappa shape index (κ1) is 20.6. The van der Waals surface area contributed by atoms with Crippen molar-refractivity contribution in [1.29, 1.82) is 0 Å². The van der Waals surface area contributed by atoms with Crippen LogP contribution >= 0.6 is 0 Å². The van der Waals surface area contributed by atoms with Gasteiger partial charge in [-0.25, -0.2) is 18.7 Å². The molecule has 31 heavy (non-hydrogen) atoms. The van der Waals surface area contributed by atoms with Gasteiger partial charge in [0.2, 0.25) is 0 Å². The van der Waals surface area contributed by atoms with Crippen LogP contribution in [0, 0.1) is 11.6 Å². The van der Waals surface area contributed by atoms with Crippen LogP contribution in [0.4, 0.5) is 14.6 Å². The highest BCUT2D eigenvalue weighted by atomic mass is 19.1. The summed E-state index contributed by atoms with van der Waals surface area (Å²) in [6.45, 7) is 0.660. The van der Waals surface area contributed by atoms with Crippen LogP contribution in [0.15, 0.2) is 54.9 Å². The van der Waals surface area contributed by atoms with Crippen molar-refractivity contribution in [1.82, 2.24) is 15.0 Å². The number of aromatic nitrogens is 3. The Labute approximate surface area is 177 Å². The molecule has 0 spiro atoms. The quantitative estimate of drug-likeness (QED) is 0.435. The van der Waals surface area contributed by atoms with Crippen molar-refractivity contribution in [3.63, 3.8) is 0 Å². The largest absolute Gasteiger partial charge is 0.489 e. The summed E-state index contributed by atoms with van der Waals surface area (Å²) in [5.41, 5.74) is 2.27.